The Morgan fingerprint density at radius 1 is 1.33 bits per heavy atom. The van der Waals surface area contributed by atoms with Crippen molar-refractivity contribution >= 4 is 5.78 Å². The lowest BCUT2D eigenvalue weighted by atomic mass is 10.1. The predicted molar refractivity (Wildman–Crippen MR) is 52.3 cm³/mol. The standard InChI is InChI=1S/C11H12F2O2/c1-2-3-10(14)8-4-6-9(7-5-8)15-11(12)13/h4-7,11H,2-3H2,1H3. The van der Waals surface area contributed by atoms with Gasteiger partial charge >= 0.3 is 6.61 Å². The van der Waals surface area contributed by atoms with Crippen LogP contribution in [0.15, 0.2) is 24.3 Å². The van der Waals surface area contributed by atoms with Crippen molar-refractivity contribution in [3.8, 4) is 5.75 Å². The molecule has 0 atom stereocenters. The van der Waals surface area contributed by atoms with Gasteiger partial charge < -0.3 is 4.74 Å². The van der Waals surface area contributed by atoms with Crippen LogP contribution in [0.5, 0.6) is 5.75 Å². The molecule has 1 aromatic carbocycles. The largest absolute Gasteiger partial charge is 0.435 e. The molecule has 0 aliphatic carbocycles. The molecule has 0 fully saturated rings. The number of carbonyl (C=O) groups is 1. The number of benzene rings is 1. The van der Waals surface area contributed by atoms with Gasteiger partial charge in [0, 0.05) is 12.0 Å². The van der Waals surface area contributed by atoms with Crippen molar-refractivity contribution in [2.45, 2.75) is 26.4 Å². The SMILES string of the molecule is CCCC(=O)c1ccc(OC(F)F)cc1. The highest BCUT2D eigenvalue weighted by Crippen LogP contribution is 2.16. The average Bonchev–Trinajstić information content (AvgIpc) is 2.18. The molecule has 0 aliphatic rings. The first-order valence-corrected chi connectivity index (χ1v) is 4.71. The zero-order valence-electron chi connectivity index (χ0n) is 8.37. The summed E-state index contributed by atoms with van der Waals surface area (Å²) in [5.41, 5.74) is 0.526. The van der Waals surface area contributed by atoms with E-state index >= 15 is 0 Å². The van der Waals surface area contributed by atoms with Crippen LogP contribution in [0, 0.1) is 0 Å². The van der Waals surface area contributed by atoms with Gasteiger partial charge in [-0.05, 0) is 30.7 Å². The van der Waals surface area contributed by atoms with Crippen LogP contribution >= 0.6 is 0 Å². The van der Waals surface area contributed by atoms with Crippen molar-refractivity contribution in [1.29, 1.82) is 0 Å². The highest BCUT2D eigenvalue weighted by Gasteiger charge is 2.06. The van der Waals surface area contributed by atoms with Gasteiger partial charge in [-0.3, -0.25) is 4.79 Å². The van der Waals surface area contributed by atoms with E-state index in [2.05, 4.69) is 4.74 Å². The Kier molecular flexibility index (Phi) is 4.21. The molecular formula is C11H12F2O2. The summed E-state index contributed by atoms with van der Waals surface area (Å²) in [6.45, 7) is -0.922. The molecule has 4 heteroatoms. The molecule has 0 bridgehead atoms. The van der Waals surface area contributed by atoms with Gasteiger partial charge in [-0.25, -0.2) is 0 Å². The minimum Gasteiger partial charge on any atom is -0.435 e. The third kappa shape index (κ3) is 3.65. The third-order valence-electron chi connectivity index (χ3n) is 1.88. The van der Waals surface area contributed by atoms with Crippen LogP contribution in [0.4, 0.5) is 8.78 Å². The lowest BCUT2D eigenvalue weighted by Gasteiger charge is -2.04. The first-order chi connectivity index (χ1) is 7.13. The zero-order valence-corrected chi connectivity index (χ0v) is 8.37. The molecule has 82 valence electrons. The van der Waals surface area contributed by atoms with Crippen LogP contribution in [-0.4, -0.2) is 12.4 Å². The molecule has 0 amide bonds. The molecule has 15 heavy (non-hydrogen) atoms. The van der Waals surface area contributed by atoms with Gasteiger partial charge in [0.2, 0.25) is 0 Å². The highest BCUT2D eigenvalue weighted by molar-refractivity contribution is 5.96. The molecule has 0 heterocycles. The molecule has 0 saturated heterocycles. The van der Waals surface area contributed by atoms with Crippen molar-refractivity contribution in [1.82, 2.24) is 0 Å². The Bertz CT molecular complexity index is 320. The van der Waals surface area contributed by atoms with Gasteiger partial charge in [-0.2, -0.15) is 8.78 Å². The van der Waals surface area contributed by atoms with Crippen LogP contribution in [0.1, 0.15) is 30.1 Å². The molecule has 2 nitrogen and oxygen atoms in total. The number of alkyl halides is 2. The number of Topliss-reactive ketones (excluding diaryl/α,β-unsaturated/α-hetero) is 1. The van der Waals surface area contributed by atoms with E-state index in [1.807, 2.05) is 6.92 Å². The van der Waals surface area contributed by atoms with Crippen LogP contribution in [-0.2, 0) is 0 Å². The Labute approximate surface area is 86.9 Å². The first-order valence-electron chi connectivity index (χ1n) is 4.71. The van der Waals surface area contributed by atoms with Crippen LogP contribution in [0.2, 0.25) is 0 Å². The summed E-state index contributed by atoms with van der Waals surface area (Å²) >= 11 is 0. The molecule has 0 aromatic heterocycles. The molecule has 0 unspecified atom stereocenters. The summed E-state index contributed by atoms with van der Waals surface area (Å²) in [7, 11) is 0. The molecule has 0 aliphatic heterocycles. The summed E-state index contributed by atoms with van der Waals surface area (Å²) in [5, 5.41) is 0. The number of ether oxygens (including phenoxy) is 1. The van der Waals surface area contributed by atoms with E-state index in [0.29, 0.717) is 12.0 Å². The Morgan fingerprint density at radius 3 is 2.40 bits per heavy atom. The molecule has 0 spiro atoms. The summed E-state index contributed by atoms with van der Waals surface area (Å²) in [5.74, 6) is 0.0825. The molecular weight excluding hydrogens is 202 g/mol. The number of hydrogen-bond donors (Lipinski definition) is 0. The minimum atomic E-state index is -2.83. The predicted octanol–water partition coefficient (Wildman–Crippen LogP) is 3.27. The molecule has 0 N–H and O–H groups in total. The van der Waals surface area contributed by atoms with E-state index in [1.54, 1.807) is 0 Å². The quantitative estimate of drug-likeness (QED) is 0.703. The van der Waals surface area contributed by atoms with Gasteiger partial charge in [-0.1, -0.05) is 6.92 Å². The summed E-state index contributed by atoms with van der Waals surface area (Å²) in [4.78, 5) is 11.4. The molecule has 1 rings (SSSR count). The first kappa shape index (κ1) is 11.6. The van der Waals surface area contributed by atoms with Crippen molar-refractivity contribution < 1.29 is 18.3 Å². The van der Waals surface area contributed by atoms with E-state index < -0.39 is 6.61 Å². The van der Waals surface area contributed by atoms with Gasteiger partial charge in [0.05, 0.1) is 0 Å². The number of hydrogen-bond acceptors (Lipinski definition) is 2. The topological polar surface area (TPSA) is 26.3 Å². The maximum atomic E-state index is 11.8. The minimum absolute atomic E-state index is 0.0149. The normalized spacial score (nSPS) is 10.4. The number of carbonyl (C=O) groups excluding carboxylic acids is 1. The van der Waals surface area contributed by atoms with Gasteiger partial charge in [-0.15, -0.1) is 0 Å². The molecule has 0 radical (unpaired) electrons. The second-order valence-electron chi connectivity index (χ2n) is 3.08. The van der Waals surface area contributed by atoms with Crippen molar-refractivity contribution in [2.75, 3.05) is 0 Å². The maximum Gasteiger partial charge on any atom is 0.387 e. The van der Waals surface area contributed by atoms with Gasteiger partial charge in [0.25, 0.3) is 0 Å². The van der Waals surface area contributed by atoms with E-state index in [9.17, 15) is 13.6 Å². The van der Waals surface area contributed by atoms with E-state index in [4.69, 9.17) is 0 Å². The number of rotatable bonds is 5. The summed E-state index contributed by atoms with van der Waals surface area (Å²) < 4.78 is 27.8. The second kappa shape index (κ2) is 5.44. The Hall–Kier alpha value is -1.45. The Balaban J connectivity index is 2.67. The lowest BCUT2D eigenvalue weighted by Crippen LogP contribution is -2.02. The van der Waals surface area contributed by atoms with Crippen LogP contribution in [0.25, 0.3) is 0 Å². The van der Waals surface area contributed by atoms with Crippen molar-refractivity contribution in [3.05, 3.63) is 29.8 Å². The number of halogens is 2. The van der Waals surface area contributed by atoms with E-state index in [0.717, 1.165) is 6.42 Å². The fraction of sp³-hybridized carbons (Fsp3) is 0.364. The third-order valence-corrected chi connectivity index (χ3v) is 1.88. The molecule has 1 aromatic rings. The van der Waals surface area contributed by atoms with Crippen LogP contribution < -0.4 is 4.74 Å². The van der Waals surface area contributed by atoms with Gasteiger partial charge in [0.15, 0.2) is 5.78 Å². The summed E-state index contributed by atoms with van der Waals surface area (Å²) in [6.07, 6.45) is 1.24. The Morgan fingerprint density at radius 2 is 1.93 bits per heavy atom. The average molecular weight is 214 g/mol. The molecule has 0 saturated carbocycles. The number of ketones is 1. The van der Waals surface area contributed by atoms with Crippen LogP contribution in [0.3, 0.4) is 0 Å². The van der Waals surface area contributed by atoms with E-state index in [-0.39, 0.29) is 11.5 Å². The van der Waals surface area contributed by atoms with Crippen molar-refractivity contribution in [3.63, 3.8) is 0 Å². The summed E-state index contributed by atoms with van der Waals surface area (Å²) in [6, 6.07) is 5.73. The smallest absolute Gasteiger partial charge is 0.387 e. The zero-order chi connectivity index (χ0) is 11.3. The van der Waals surface area contributed by atoms with E-state index in [1.165, 1.54) is 24.3 Å². The monoisotopic (exact) mass is 214 g/mol. The van der Waals surface area contributed by atoms with Gasteiger partial charge in [0.1, 0.15) is 5.75 Å². The fourth-order valence-corrected chi connectivity index (χ4v) is 1.19. The lowest BCUT2D eigenvalue weighted by molar-refractivity contribution is -0.0498. The fourth-order valence-electron chi connectivity index (χ4n) is 1.19. The second-order valence-corrected chi connectivity index (χ2v) is 3.08. The maximum absolute atomic E-state index is 11.8. The highest BCUT2D eigenvalue weighted by atomic mass is 19.3. The van der Waals surface area contributed by atoms with Crippen molar-refractivity contribution in [2.24, 2.45) is 0 Å².